The number of nitrogens with one attached hydrogen (secondary N) is 1. The van der Waals surface area contributed by atoms with Gasteiger partial charge in [0.2, 0.25) is 0 Å². The van der Waals surface area contributed by atoms with E-state index in [1.807, 2.05) is 20.2 Å². The maximum Gasteiger partial charge on any atom is 0.0997 e. The van der Waals surface area contributed by atoms with Crippen LogP contribution in [0.2, 0.25) is 10.0 Å². The van der Waals surface area contributed by atoms with Crippen LogP contribution >= 0.6 is 23.2 Å². The van der Waals surface area contributed by atoms with Gasteiger partial charge in [0.1, 0.15) is 0 Å². The number of hydrogen-bond donors (Lipinski definition) is 1. The lowest BCUT2D eigenvalue weighted by Gasteiger charge is -2.13. The van der Waals surface area contributed by atoms with Gasteiger partial charge in [0.05, 0.1) is 15.9 Å². The number of hydrogen-bond acceptors (Lipinski definition) is 1. The highest BCUT2D eigenvalue weighted by Crippen LogP contribution is 2.22. The Hall–Kier alpha value is -0.730. The van der Waals surface area contributed by atoms with Crippen molar-refractivity contribution in [1.82, 2.24) is 4.90 Å². The van der Waals surface area contributed by atoms with Crippen LogP contribution in [0.1, 0.15) is 5.56 Å². The average Bonchev–Trinajstić information content (AvgIpc) is 2.11. The molecule has 0 aromatic heterocycles. The third-order valence-corrected chi connectivity index (χ3v) is 2.63. The molecule has 0 spiro atoms. The molecule has 4 heteroatoms. The molecule has 14 heavy (non-hydrogen) atoms. The predicted molar refractivity (Wildman–Crippen MR) is 61.6 cm³/mol. The fourth-order valence-corrected chi connectivity index (χ4v) is 1.32. The first-order valence-corrected chi connectivity index (χ1v) is 4.95. The van der Waals surface area contributed by atoms with E-state index in [-0.39, 0.29) is 0 Å². The van der Waals surface area contributed by atoms with Crippen LogP contribution in [0.4, 0.5) is 0 Å². The molecule has 0 saturated heterocycles. The molecule has 0 amide bonds. The van der Waals surface area contributed by atoms with Crippen LogP contribution in [0.5, 0.6) is 0 Å². The van der Waals surface area contributed by atoms with Crippen molar-refractivity contribution in [1.29, 1.82) is 5.41 Å². The molecule has 1 aromatic carbocycles. The first-order chi connectivity index (χ1) is 6.50. The molecule has 0 aliphatic heterocycles. The summed E-state index contributed by atoms with van der Waals surface area (Å²) in [4.78, 5) is 1.77. The molecule has 0 aliphatic carbocycles. The summed E-state index contributed by atoms with van der Waals surface area (Å²) >= 11 is 11.6. The maximum atomic E-state index is 7.65. The lowest BCUT2D eigenvalue weighted by atomic mass is 10.1. The van der Waals surface area contributed by atoms with Crippen LogP contribution in [0.25, 0.3) is 0 Å². The van der Waals surface area contributed by atoms with Crippen LogP contribution in [0.15, 0.2) is 18.2 Å². The van der Waals surface area contributed by atoms with E-state index in [9.17, 15) is 0 Å². The van der Waals surface area contributed by atoms with E-state index in [0.29, 0.717) is 22.3 Å². The van der Waals surface area contributed by atoms with Gasteiger partial charge >= 0.3 is 0 Å². The van der Waals surface area contributed by atoms with Gasteiger partial charge in [-0.25, -0.2) is 0 Å². The second-order valence-corrected chi connectivity index (χ2v) is 4.08. The molecule has 0 aliphatic rings. The molecule has 76 valence electrons. The molecule has 1 rings (SSSR count). The Labute approximate surface area is 93.9 Å². The molecular formula is C10H12Cl2N2. The molecule has 0 radical (unpaired) electrons. The highest BCUT2D eigenvalue weighted by Gasteiger charge is 2.03. The Morgan fingerprint density at radius 1 is 1.29 bits per heavy atom. The standard InChI is InChI=1S/C10H12Cl2N2/c1-14(2)10(13)6-7-3-4-8(11)9(12)5-7/h3-5,13H,6H2,1-2H3. The normalized spacial score (nSPS) is 10.0. The van der Waals surface area contributed by atoms with Crippen molar-refractivity contribution < 1.29 is 0 Å². The number of benzene rings is 1. The summed E-state index contributed by atoms with van der Waals surface area (Å²) in [6, 6.07) is 5.43. The number of rotatable bonds is 2. The van der Waals surface area contributed by atoms with Crippen LogP contribution < -0.4 is 0 Å². The predicted octanol–water partition coefficient (Wildman–Crippen LogP) is 3.07. The van der Waals surface area contributed by atoms with Crippen molar-refractivity contribution >= 4 is 29.0 Å². The largest absolute Gasteiger partial charge is 0.366 e. The second-order valence-electron chi connectivity index (χ2n) is 3.27. The van der Waals surface area contributed by atoms with Crippen LogP contribution in [0, 0.1) is 5.41 Å². The van der Waals surface area contributed by atoms with Crippen molar-refractivity contribution in [2.75, 3.05) is 14.1 Å². The van der Waals surface area contributed by atoms with Gasteiger partial charge in [-0.15, -0.1) is 0 Å². The summed E-state index contributed by atoms with van der Waals surface area (Å²) in [7, 11) is 3.69. The number of amidine groups is 1. The molecule has 1 aromatic rings. The average molecular weight is 231 g/mol. The third-order valence-electron chi connectivity index (χ3n) is 1.90. The summed E-state index contributed by atoms with van der Waals surface area (Å²) in [5.41, 5.74) is 0.998. The molecule has 0 saturated carbocycles. The first-order valence-electron chi connectivity index (χ1n) is 4.19. The van der Waals surface area contributed by atoms with Crippen molar-refractivity contribution in [2.24, 2.45) is 0 Å². The first kappa shape index (κ1) is 11.3. The third kappa shape index (κ3) is 2.89. The molecule has 0 heterocycles. The summed E-state index contributed by atoms with van der Waals surface area (Å²) in [6.07, 6.45) is 0.573. The Morgan fingerprint density at radius 3 is 2.43 bits per heavy atom. The van der Waals surface area contributed by atoms with Gasteiger partial charge in [0, 0.05) is 20.5 Å². The van der Waals surface area contributed by atoms with Crippen LogP contribution in [0.3, 0.4) is 0 Å². The summed E-state index contributed by atoms with van der Waals surface area (Å²) in [5, 5.41) is 8.74. The SMILES string of the molecule is CN(C)C(=N)Cc1ccc(Cl)c(Cl)c1. The topological polar surface area (TPSA) is 27.1 Å². The molecule has 0 unspecified atom stereocenters. The summed E-state index contributed by atoms with van der Waals surface area (Å²) in [5.74, 6) is 0.545. The van der Waals surface area contributed by atoms with Gasteiger partial charge in [-0.1, -0.05) is 29.3 Å². The van der Waals surface area contributed by atoms with Crippen molar-refractivity contribution in [3.8, 4) is 0 Å². The molecular weight excluding hydrogens is 219 g/mol. The lowest BCUT2D eigenvalue weighted by Crippen LogP contribution is -2.22. The quantitative estimate of drug-likeness (QED) is 0.614. The summed E-state index contributed by atoms with van der Waals surface area (Å²) in [6.45, 7) is 0. The highest BCUT2D eigenvalue weighted by atomic mass is 35.5. The zero-order chi connectivity index (χ0) is 10.7. The van der Waals surface area contributed by atoms with Gasteiger partial charge in [-0.05, 0) is 17.7 Å². The number of likely N-dealkylation sites (N-methyl/N-ethyl adjacent to an activating group) is 1. The van der Waals surface area contributed by atoms with Gasteiger partial charge in [0.25, 0.3) is 0 Å². The van der Waals surface area contributed by atoms with E-state index in [2.05, 4.69) is 0 Å². The van der Waals surface area contributed by atoms with Gasteiger partial charge < -0.3 is 4.90 Å². The van der Waals surface area contributed by atoms with E-state index in [0.717, 1.165) is 5.56 Å². The zero-order valence-corrected chi connectivity index (χ0v) is 9.65. The minimum absolute atomic E-state index is 0.538. The Balaban J connectivity index is 2.78. The highest BCUT2D eigenvalue weighted by molar-refractivity contribution is 6.42. The maximum absolute atomic E-state index is 7.65. The molecule has 1 N–H and O–H groups in total. The van der Waals surface area contributed by atoms with Crippen LogP contribution in [-0.2, 0) is 6.42 Å². The second kappa shape index (κ2) is 4.67. The Morgan fingerprint density at radius 2 is 1.93 bits per heavy atom. The van der Waals surface area contributed by atoms with Crippen LogP contribution in [-0.4, -0.2) is 24.8 Å². The Kier molecular flexibility index (Phi) is 3.78. The minimum Gasteiger partial charge on any atom is -0.366 e. The molecule has 0 atom stereocenters. The van der Waals surface area contributed by atoms with E-state index in [1.54, 1.807) is 17.0 Å². The van der Waals surface area contributed by atoms with Gasteiger partial charge in [0.15, 0.2) is 0 Å². The smallest absolute Gasteiger partial charge is 0.0997 e. The minimum atomic E-state index is 0.538. The van der Waals surface area contributed by atoms with E-state index < -0.39 is 0 Å². The monoisotopic (exact) mass is 230 g/mol. The van der Waals surface area contributed by atoms with Gasteiger partial charge in [-0.2, -0.15) is 0 Å². The lowest BCUT2D eigenvalue weighted by molar-refractivity contribution is 0.605. The molecule has 0 fully saturated rings. The Bertz CT molecular complexity index is 348. The van der Waals surface area contributed by atoms with Gasteiger partial charge in [-0.3, -0.25) is 5.41 Å². The van der Waals surface area contributed by atoms with E-state index >= 15 is 0 Å². The van der Waals surface area contributed by atoms with Crippen molar-refractivity contribution in [3.05, 3.63) is 33.8 Å². The van der Waals surface area contributed by atoms with E-state index in [4.69, 9.17) is 28.6 Å². The van der Waals surface area contributed by atoms with Crippen molar-refractivity contribution in [3.63, 3.8) is 0 Å². The zero-order valence-electron chi connectivity index (χ0n) is 8.14. The molecule has 0 bridgehead atoms. The van der Waals surface area contributed by atoms with E-state index in [1.165, 1.54) is 0 Å². The fourth-order valence-electron chi connectivity index (χ4n) is 1.00. The summed E-state index contributed by atoms with van der Waals surface area (Å²) < 4.78 is 0. The number of nitrogens with zero attached hydrogens (tertiary/aromatic N) is 1. The molecule has 2 nitrogen and oxygen atoms in total. The van der Waals surface area contributed by atoms with Crippen molar-refractivity contribution in [2.45, 2.75) is 6.42 Å². The number of halogens is 2. The fraction of sp³-hybridized carbons (Fsp3) is 0.300.